The Morgan fingerprint density at radius 1 is 1.30 bits per heavy atom. The fourth-order valence-electron chi connectivity index (χ4n) is 1.41. The van der Waals surface area contributed by atoms with Gasteiger partial charge >= 0.3 is 18.2 Å². The summed E-state index contributed by atoms with van der Waals surface area (Å²) in [5, 5.41) is 11.3. The number of alkyl halides is 3. The topological polar surface area (TPSA) is 69.6 Å². The maximum absolute atomic E-state index is 12.4. The molecule has 0 spiro atoms. The van der Waals surface area contributed by atoms with Gasteiger partial charge in [0.2, 0.25) is 0 Å². The summed E-state index contributed by atoms with van der Waals surface area (Å²) < 4.78 is 37.1. The van der Waals surface area contributed by atoms with Crippen molar-refractivity contribution in [1.82, 2.24) is 10.2 Å². The van der Waals surface area contributed by atoms with E-state index < -0.39 is 36.2 Å². The number of nitrogens with zero attached hydrogens (tertiary/aromatic N) is 1. The molecule has 8 heteroatoms. The Hall–Kier alpha value is -1.47. The zero-order chi connectivity index (χ0) is 16.1. The van der Waals surface area contributed by atoms with Gasteiger partial charge in [0, 0.05) is 12.6 Å². The van der Waals surface area contributed by atoms with Gasteiger partial charge in [-0.3, -0.25) is 4.79 Å². The van der Waals surface area contributed by atoms with Crippen LogP contribution >= 0.6 is 0 Å². The second kappa shape index (κ2) is 6.81. The number of urea groups is 1. The molecule has 1 unspecified atom stereocenters. The van der Waals surface area contributed by atoms with Crippen LogP contribution in [0.25, 0.3) is 0 Å². The highest BCUT2D eigenvalue weighted by molar-refractivity contribution is 5.78. The third-order valence-corrected chi connectivity index (χ3v) is 3.16. The van der Waals surface area contributed by atoms with Gasteiger partial charge in [-0.1, -0.05) is 6.92 Å². The Balaban J connectivity index is 4.75. The lowest BCUT2D eigenvalue weighted by molar-refractivity contribution is -0.148. The van der Waals surface area contributed by atoms with Gasteiger partial charge in [0.25, 0.3) is 0 Å². The molecule has 0 aliphatic carbocycles. The van der Waals surface area contributed by atoms with E-state index in [4.69, 9.17) is 5.11 Å². The largest absolute Gasteiger partial charge is 0.481 e. The maximum Gasteiger partial charge on any atom is 0.406 e. The average Bonchev–Trinajstić information content (AvgIpc) is 2.30. The molecule has 0 aromatic rings. The molecule has 0 saturated carbocycles. The molecule has 0 rings (SSSR count). The van der Waals surface area contributed by atoms with Crippen LogP contribution in [-0.2, 0) is 4.79 Å². The Kier molecular flexibility index (Phi) is 6.31. The molecule has 2 N–H and O–H groups in total. The number of aliphatic carboxylic acids is 1. The normalized spacial score (nSPS) is 14.8. The van der Waals surface area contributed by atoms with Crippen LogP contribution in [0.2, 0.25) is 0 Å². The number of nitrogens with one attached hydrogen (secondary N) is 1. The summed E-state index contributed by atoms with van der Waals surface area (Å²) in [4.78, 5) is 23.4. The summed E-state index contributed by atoms with van der Waals surface area (Å²) in [5.41, 5.74) is -1.20. The molecule has 0 aliphatic heterocycles. The monoisotopic (exact) mass is 298 g/mol. The number of carboxylic acid groups (broad SMARTS) is 1. The Morgan fingerprint density at radius 3 is 2.10 bits per heavy atom. The highest BCUT2D eigenvalue weighted by atomic mass is 19.4. The van der Waals surface area contributed by atoms with Crippen molar-refractivity contribution in [2.24, 2.45) is 5.41 Å². The minimum absolute atomic E-state index is 0.223. The first-order valence-corrected chi connectivity index (χ1v) is 6.27. The quantitative estimate of drug-likeness (QED) is 0.791. The van der Waals surface area contributed by atoms with Crippen LogP contribution in [0.3, 0.4) is 0 Å². The van der Waals surface area contributed by atoms with Crippen LogP contribution in [0.15, 0.2) is 0 Å². The van der Waals surface area contributed by atoms with Crippen LogP contribution in [0.5, 0.6) is 0 Å². The van der Waals surface area contributed by atoms with Crippen molar-refractivity contribution in [3.05, 3.63) is 0 Å². The number of hydrogen-bond donors (Lipinski definition) is 2. The van der Waals surface area contributed by atoms with Crippen LogP contribution in [0.4, 0.5) is 18.0 Å². The lowest BCUT2D eigenvalue weighted by Crippen LogP contribution is -2.51. The van der Waals surface area contributed by atoms with Crippen LogP contribution < -0.4 is 5.32 Å². The highest BCUT2D eigenvalue weighted by Crippen LogP contribution is 2.21. The number of carbonyl (C=O) groups is 2. The van der Waals surface area contributed by atoms with Crippen LogP contribution in [0.1, 0.15) is 34.1 Å². The van der Waals surface area contributed by atoms with Gasteiger partial charge in [-0.2, -0.15) is 13.2 Å². The smallest absolute Gasteiger partial charge is 0.406 e. The molecular formula is C12H21F3N2O3. The molecule has 1 atom stereocenters. The Morgan fingerprint density at radius 2 is 1.80 bits per heavy atom. The van der Waals surface area contributed by atoms with E-state index in [0.29, 0.717) is 4.90 Å². The minimum Gasteiger partial charge on any atom is -0.481 e. The molecule has 0 aromatic heterocycles. The van der Waals surface area contributed by atoms with E-state index in [-0.39, 0.29) is 13.0 Å². The van der Waals surface area contributed by atoms with Crippen LogP contribution in [0, 0.1) is 5.41 Å². The van der Waals surface area contributed by atoms with E-state index in [2.05, 4.69) is 5.32 Å². The molecule has 0 radical (unpaired) electrons. The molecule has 20 heavy (non-hydrogen) atoms. The van der Waals surface area contributed by atoms with Crippen molar-refractivity contribution in [2.75, 3.05) is 13.1 Å². The Labute approximate surface area is 116 Å². The second-order valence-electron chi connectivity index (χ2n) is 5.21. The molecule has 0 fully saturated rings. The van der Waals surface area contributed by atoms with Crippen molar-refractivity contribution in [2.45, 2.75) is 46.3 Å². The summed E-state index contributed by atoms with van der Waals surface area (Å²) in [7, 11) is 0. The van der Waals surface area contributed by atoms with E-state index >= 15 is 0 Å². The minimum atomic E-state index is -4.50. The lowest BCUT2D eigenvalue weighted by Gasteiger charge is -2.30. The predicted octanol–water partition coefficient (Wildman–Crippen LogP) is 2.47. The summed E-state index contributed by atoms with van der Waals surface area (Å²) in [6.45, 7) is 4.39. The first-order chi connectivity index (χ1) is 8.93. The standard InChI is InChI=1S/C12H21F3N2O3/c1-5-11(4,9(18)19)6-16-10(20)17(8(2)3)7-12(13,14)15/h8H,5-7H2,1-4H3,(H,16,20)(H,18,19). The molecular weight excluding hydrogens is 277 g/mol. The van der Waals surface area contributed by atoms with Gasteiger partial charge in [0.1, 0.15) is 6.54 Å². The molecule has 0 heterocycles. The zero-order valence-electron chi connectivity index (χ0n) is 12.0. The SMILES string of the molecule is CCC(C)(CNC(=O)N(CC(F)(F)F)C(C)C)C(=O)O. The lowest BCUT2D eigenvalue weighted by atomic mass is 9.88. The third kappa shape index (κ3) is 5.66. The van der Waals surface area contributed by atoms with Gasteiger partial charge in [-0.25, -0.2) is 4.79 Å². The van der Waals surface area contributed by atoms with E-state index in [0.717, 1.165) is 0 Å². The molecule has 0 aromatic carbocycles. The molecule has 2 amide bonds. The van der Waals surface area contributed by atoms with Crippen molar-refractivity contribution >= 4 is 12.0 Å². The van der Waals surface area contributed by atoms with Crippen molar-refractivity contribution in [3.8, 4) is 0 Å². The van der Waals surface area contributed by atoms with Crippen molar-refractivity contribution < 1.29 is 27.9 Å². The third-order valence-electron chi connectivity index (χ3n) is 3.16. The average molecular weight is 298 g/mol. The van der Waals surface area contributed by atoms with E-state index in [9.17, 15) is 22.8 Å². The zero-order valence-corrected chi connectivity index (χ0v) is 12.0. The number of halogens is 3. The molecule has 5 nitrogen and oxygen atoms in total. The highest BCUT2D eigenvalue weighted by Gasteiger charge is 2.36. The summed E-state index contributed by atoms with van der Waals surface area (Å²) in [5.74, 6) is -1.10. The predicted molar refractivity (Wildman–Crippen MR) is 67.3 cm³/mol. The summed E-state index contributed by atoms with van der Waals surface area (Å²) in [6, 6.07) is -1.56. The van der Waals surface area contributed by atoms with Gasteiger partial charge in [-0.15, -0.1) is 0 Å². The number of carbonyl (C=O) groups excluding carboxylic acids is 1. The van der Waals surface area contributed by atoms with E-state index in [1.807, 2.05) is 0 Å². The fourth-order valence-corrected chi connectivity index (χ4v) is 1.41. The molecule has 0 bridgehead atoms. The number of amides is 2. The summed E-state index contributed by atoms with van der Waals surface area (Å²) >= 11 is 0. The molecule has 0 saturated heterocycles. The molecule has 118 valence electrons. The van der Waals surface area contributed by atoms with Gasteiger partial charge in [0.15, 0.2) is 0 Å². The fraction of sp³-hybridized carbons (Fsp3) is 0.833. The maximum atomic E-state index is 12.4. The number of rotatable bonds is 6. The second-order valence-corrected chi connectivity index (χ2v) is 5.21. The van der Waals surface area contributed by atoms with Crippen molar-refractivity contribution in [1.29, 1.82) is 0 Å². The number of hydrogen-bond acceptors (Lipinski definition) is 2. The Bertz CT molecular complexity index is 358. The van der Waals surface area contributed by atoms with Crippen LogP contribution in [-0.4, -0.2) is 47.3 Å². The van der Waals surface area contributed by atoms with E-state index in [1.54, 1.807) is 6.92 Å². The van der Waals surface area contributed by atoms with E-state index in [1.165, 1.54) is 20.8 Å². The van der Waals surface area contributed by atoms with Gasteiger partial charge in [-0.05, 0) is 27.2 Å². The first kappa shape index (κ1) is 18.5. The molecule has 0 aliphatic rings. The number of carboxylic acids is 1. The van der Waals surface area contributed by atoms with Gasteiger partial charge in [0.05, 0.1) is 5.41 Å². The van der Waals surface area contributed by atoms with Crippen molar-refractivity contribution in [3.63, 3.8) is 0 Å². The summed E-state index contributed by atoms with van der Waals surface area (Å²) in [6.07, 6.45) is -4.24. The first-order valence-electron chi connectivity index (χ1n) is 6.27. The van der Waals surface area contributed by atoms with Gasteiger partial charge < -0.3 is 15.3 Å².